The second-order valence-electron chi connectivity index (χ2n) is 7.33. The Bertz CT molecular complexity index is 641. The number of rotatable bonds is 7. The van der Waals surface area contributed by atoms with Crippen LogP contribution in [0.3, 0.4) is 0 Å². The Morgan fingerprint density at radius 1 is 1.08 bits per heavy atom. The van der Waals surface area contributed by atoms with Crippen LogP contribution >= 0.6 is 0 Å². The molecule has 5 heteroatoms. The van der Waals surface area contributed by atoms with Crippen molar-refractivity contribution in [2.75, 3.05) is 13.2 Å². The largest absolute Gasteiger partial charge is 0.464 e. The average molecular weight is 357 g/mol. The van der Waals surface area contributed by atoms with Gasteiger partial charge in [0, 0.05) is 0 Å². The van der Waals surface area contributed by atoms with Crippen LogP contribution < -0.4 is 0 Å². The molecule has 0 atom stereocenters. The summed E-state index contributed by atoms with van der Waals surface area (Å²) in [4.78, 5) is 38.0. The number of unbranched alkanes of at least 4 members (excludes halogenated alkanes) is 1. The summed E-state index contributed by atoms with van der Waals surface area (Å²) in [6.07, 6.45) is 7.72. The van der Waals surface area contributed by atoms with Crippen LogP contribution in [0, 0.1) is 11.8 Å². The molecule has 1 aromatic rings. The maximum absolute atomic E-state index is 12.3. The first-order chi connectivity index (χ1) is 12.6. The van der Waals surface area contributed by atoms with Gasteiger partial charge in [-0.1, -0.05) is 38.3 Å². The number of imide groups is 1. The van der Waals surface area contributed by atoms with Gasteiger partial charge < -0.3 is 4.74 Å². The summed E-state index contributed by atoms with van der Waals surface area (Å²) in [5, 5.41) is 0. The number of carbonyl (C=O) groups excluding carboxylic acids is 3. The van der Waals surface area contributed by atoms with Crippen molar-refractivity contribution in [1.82, 2.24) is 4.90 Å². The zero-order chi connectivity index (χ0) is 18.5. The molecule has 0 saturated heterocycles. The van der Waals surface area contributed by atoms with Crippen LogP contribution in [0.25, 0.3) is 0 Å². The van der Waals surface area contributed by atoms with Gasteiger partial charge in [0.05, 0.1) is 23.6 Å². The van der Waals surface area contributed by atoms with Gasteiger partial charge in [-0.05, 0) is 43.7 Å². The Morgan fingerprint density at radius 2 is 1.69 bits per heavy atom. The number of carbonyl (C=O) groups is 3. The molecule has 5 nitrogen and oxygen atoms in total. The summed E-state index contributed by atoms with van der Waals surface area (Å²) in [7, 11) is 0. The van der Waals surface area contributed by atoms with E-state index in [0.717, 1.165) is 31.6 Å². The Hall–Kier alpha value is -2.17. The first-order valence-electron chi connectivity index (χ1n) is 9.73. The molecule has 1 aliphatic heterocycles. The van der Waals surface area contributed by atoms with E-state index >= 15 is 0 Å². The van der Waals surface area contributed by atoms with Gasteiger partial charge in [-0.3, -0.25) is 19.3 Å². The van der Waals surface area contributed by atoms with Crippen LogP contribution in [0.15, 0.2) is 24.3 Å². The summed E-state index contributed by atoms with van der Waals surface area (Å²) < 4.78 is 5.37. The predicted octanol–water partition coefficient (Wildman–Crippen LogP) is 3.82. The van der Waals surface area contributed by atoms with E-state index in [-0.39, 0.29) is 36.9 Å². The highest BCUT2D eigenvalue weighted by Crippen LogP contribution is 2.32. The Morgan fingerprint density at radius 3 is 2.27 bits per heavy atom. The number of hydrogen-bond donors (Lipinski definition) is 0. The summed E-state index contributed by atoms with van der Waals surface area (Å²) in [6.45, 7) is 2.39. The standard InChI is InChI=1S/C21H27NO4/c1-2-3-6-15-9-11-16(12-10-15)21(25)26-14-13-22-19(23)17-7-4-5-8-18(17)20(22)24/h4-5,7-8,15-16H,2-3,6,9-14H2,1H3. The Labute approximate surface area is 154 Å². The summed E-state index contributed by atoms with van der Waals surface area (Å²) in [5.41, 5.74) is 0.850. The molecule has 140 valence electrons. The van der Waals surface area contributed by atoms with Crippen LogP contribution in [-0.4, -0.2) is 35.8 Å². The quantitative estimate of drug-likeness (QED) is 0.550. The lowest BCUT2D eigenvalue weighted by molar-refractivity contribution is -0.150. The maximum Gasteiger partial charge on any atom is 0.308 e. The molecule has 3 rings (SSSR count). The average Bonchev–Trinajstić information content (AvgIpc) is 2.92. The molecule has 1 fully saturated rings. The predicted molar refractivity (Wildman–Crippen MR) is 97.7 cm³/mol. The van der Waals surface area contributed by atoms with Crippen molar-refractivity contribution in [1.29, 1.82) is 0 Å². The molecule has 1 heterocycles. The molecule has 0 unspecified atom stereocenters. The molecule has 1 aromatic carbocycles. The molecule has 2 amide bonds. The minimum Gasteiger partial charge on any atom is -0.464 e. The van der Waals surface area contributed by atoms with Crippen LogP contribution in [0.1, 0.15) is 72.6 Å². The van der Waals surface area contributed by atoms with Crippen molar-refractivity contribution >= 4 is 17.8 Å². The van der Waals surface area contributed by atoms with Crippen molar-refractivity contribution in [3.63, 3.8) is 0 Å². The SMILES string of the molecule is CCCCC1CCC(C(=O)OCCN2C(=O)c3ccccc3C2=O)CC1. The molecule has 0 bridgehead atoms. The third-order valence-corrected chi connectivity index (χ3v) is 5.58. The van der Waals surface area contributed by atoms with Crippen LogP contribution in [0.5, 0.6) is 0 Å². The van der Waals surface area contributed by atoms with E-state index in [4.69, 9.17) is 4.74 Å². The van der Waals surface area contributed by atoms with Gasteiger partial charge in [-0.25, -0.2) is 0 Å². The van der Waals surface area contributed by atoms with E-state index in [1.165, 1.54) is 24.2 Å². The number of hydrogen-bond acceptors (Lipinski definition) is 4. The molecule has 0 radical (unpaired) electrons. The van der Waals surface area contributed by atoms with Crippen molar-refractivity contribution in [2.45, 2.75) is 51.9 Å². The van der Waals surface area contributed by atoms with Crippen LogP contribution in [0.2, 0.25) is 0 Å². The van der Waals surface area contributed by atoms with Gasteiger partial charge in [0.1, 0.15) is 6.61 Å². The van der Waals surface area contributed by atoms with Crippen molar-refractivity contribution in [3.05, 3.63) is 35.4 Å². The first kappa shape index (κ1) is 18.6. The number of nitrogens with zero attached hydrogens (tertiary/aromatic N) is 1. The lowest BCUT2D eigenvalue weighted by Crippen LogP contribution is -2.34. The van der Waals surface area contributed by atoms with Gasteiger partial charge >= 0.3 is 5.97 Å². The third kappa shape index (κ3) is 3.97. The maximum atomic E-state index is 12.3. The van der Waals surface area contributed by atoms with E-state index in [9.17, 15) is 14.4 Å². The molecule has 0 aromatic heterocycles. The lowest BCUT2D eigenvalue weighted by Gasteiger charge is -2.27. The van der Waals surface area contributed by atoms with E-state index < -0.39 is 0 Å². The Balaban J connectivity index is 1.42. The highest BCUT2D eigenvalue weighted by Gasteiger charge is 2.35. The first-order valence-corrected chi connectivity index (χ1v) is 9.73. The zero-order valence-electron chi connectivity index (χ0n) is 15.4. The smallest absolute Gasteiger partial charge is 0.308 e. The molecule has 0 N–H and O–H groups in total. The Kier molecular flexibility index (Phi) is 6.07. The number of amides is 2. The highest BCUT2D eigenvalue weighted by molar-refractivity contribution is 6.21. The zero-order valence-corrected chi connectivity index (χ0v) is 15.4. The van der Waals surface area contributed by atoms with Gasteiger partial charge in [-0.15, -0.1) is 0 Å². The molecule has 1 aliphatic carbocycles. The van der Waals surface area contributed by atoms with E-state index in [1.807, 2.05) is 0 Å². The number of ether oxygens (including phenoxy) is 1. The fraction of sp³-hybridized carbons (Fsp3) is 0.571. The molecule has 2 aliphatic rings. The van der Waals surface area contributed by atoms with E-state index in [1.54, 1.807) is 24.3 Å². The van der Waals surface area contributed by atoms with Gasteiger partial charge in [0.15, 0.2) is 0 Å². The minimum atomic E-state index is -0.307. The fourth-order valence-electron chi connectivity index (χ4n) is 3.98. The molecular formula is C21H27NO4. The second kappa shape index (κ2) is 8.47. The molecule has 0 spiro atoms. The monoisotopic (exact) mass is 357 g/mol. The van der Waals surface area contributed by atoms with E-state index in [0.29, 0.717) is 11.1 Å². The molecular weight excluding hydrogens is 330 g/mol. The number of fused-ring (bicyclic) bond motifs is 1. The van der Waals surface area contributed by atoms with Crippen molar-refractivity contribution in [2.24, 2.45) is 11.8 Å². The van der Waals surface area contributed by atoms with E-state index in [2.05, 4.69) is 6.92 Å². The van der Waals surface area contributed by atoms with Crippen molar-refractivity contribution < 1.29 is 19.1 Å². The minimum absolute atomic E-state index is 0.0324. The van der Waals surface area contributed by atoms with Crippen molar-refractivity contribution in [3.8, 4) is 0 Å². The lowest BCUT2D eigenvalue weighted by atomic mass is 9.80. The molecule has 1 saturated carbocycles. The van der Waals surface area contributed by atoms with Gasteiger partial charge in [0.2, 0.25) is 0 Å². The topological polar surface area (TPSA) is 63.7 Å². The van der Waals surface area contributed by atoms with Crippen LogP contribution in [-0.2, 0) is 9.53 Å². The number of esters is 1. The summed E-state index contributed by atoms with van der Waals surface area (Å²) in [5.74, 6) is -0.0842. The third-order valence-electron chi connectivity index (χ3n) is 5.58. The van der Waals surface area contributed by atoms with Gasteiger partial charge in [0.25, 0.3) is 11.8 Å². The second-order valence-corrected chi connectivity index (χ2v) is 7.33. The highest BCUT2D eigenvalue weighted by atomic mass is 16.5. The van der Waals surface area contributed by atoms with Gasteiger partial charge in [-0.2, -0.15) is 0 Å². The normalized spacial score (nSPS) is 22.4. The fourth-order valence-corrected chi connectivity index (χ4v) is 3.98. The van der Waals surface area contributed by atoms with Crippen LogP contribution in [0.4, 0.5) is 0 Å². The summed E-state index contributed by atoms with van der Waals surface area (Å²) >= 11 is 0. The molecule has 26 heavy (non-hydrogen) atoms. The number of benzene rings is 1. The summed E-state index contributed by atoms with van der Waals surface area (Å²) in [6, 6.07) is 6.78.